The molecule has 1 saturated carbocycles. The van der Waals surface area contributed by atoms with Crippen molar-refractivity contribution in [2.24, 2.45) is 22.9 Å². The van der Waals surface area contributed by atoms with Gasteiger partial charge >= 0.3 is 0 Å². The molecule has 1 aliphatic carbocycles. The maximum atomic E-state index is 10.8. The number of rotatable bonds is 2. The van der Waals surface area contributed by atoms with Gasteiger partial charge in [0.05, 0.1) is 5.71 Å². The van der Waals surface area contributed by atoms with E-state index in [1.54, 1.807) is 0 Å². The van der Waals surface area contributed by atoms with Gasteiger partial charge in [-0.2, -0.15) is 0 Å². The average Bonchev–Trinajstić information content (AvgIpc) is 2.66. The van der Waals surface area contributed by atoms with Crippen LogP contribution in [-0.4, -0.2) is 23.8 Å². The zero-order valence-electron chi connectivity index (χ0n) is 9.17. The second kappa shape index (κ2) is 4.84. The van der Waals surface area contributed by atoms with Crippen LogP contribution in [-0.2, 0) is 30.7 Å². The minimum absolute atomic E-state index is 0. The monoisotopic (exact) mass is 394 g/mol. The molecule has 0 radical (unpaired) electrons. The molecule has 1 heterocycles. The normalized spacial score (nSPS) is 36.4. The number of hydrogen-bond donors (Lipinski definition) is 0. The van der Waals surface area contributed by atoms with Gasteiger partial charge in [0.15, 0.2) is 0 Å². The van der Waals surface area contributed by atoms with Gasteiger partial charge in [0.2, 0.25) is 0 Å². The van der Waals surface area contributed by atoms with Gasteiger partial charge in [-0.15, -0.1) is 6.04 Å². The van der Waals surface area contributed by atoms with Gasteiger partial charge < -0.3 is 20.5 Å². The Bertz CT molecular complexity index is 319. The molecule has 0 amide bonds. The summed E-state index contributed by atoms with van der Waals surface area (Å²) in [6.45, 7) is 3.95. The van der Waals surface area contributed by atoms with E-state index in [9.17, 15) is 9.90 Å². The number of fused-ring (bicyclic) bond motifs is 1. The van der Waals surface area contributed by atoms with E-state index in [-0.39, 0.29) is 32.9 Å². The minimum Gasteiger partial charge on any atom is -0.674 e. The third-order valence-corrected chi connectivity index (χ3v) is 3.21. The van der Waals surface area contributed by atoms with Crippen molar-refractivity contribution in [3.63, 3.8) is 0 Å². The van der Waals surface area contributed by atoms with Gasteiger partial charge in [0.1, 0.15) is 6.10 Å². The summed E-state index contributed by atoms with van der Waals surface area (Å²) in [6.07, 6.45) is -0.168. The number of hydrogen-bond acceptors (Lipinski definition) is 4. The topological polar surface area (TPSA) is 85.5 Å². The molecule has 0 saturated heterocycles. The standard InChI is InChI=1S/C10H15N2O3.W/c1-4(2)8-7-6(11)3-5(10(13)14)9(7)15-12-8;/h4-7,9,11H,3H2,1-2H3,(H,13,14);/q-1;/p-1/t5?,6?,7-,9?;/m0./s1. The van der Waals surface area contributed by atoms with Crippen molar-refractivity contribution >= 4 is 11.7 Å². The Hall–Kier alpha value is -0.412. The molecule has 3 unspecified atom stereocenters. The van der Waals surface area contributed by atoms with E-state index in [0.29, 0.717) is 6.42 Å². The summed E-state index contributed by atoms with van der Waals surface area (Å²) in [5, 5.41) is 14.7. The summed E-state index contributed by atoms with van der Waals surface area (Å²) in [6, 6.07) is -0.429. The summed E-state index contributed by atoms with van der Waals surface area (Å²) in [5.74, 6) is -1.77. The molecule has 0 aromatic carbocycles. The molecule has 1 N–H and O–H groups in total. The van der Waals surface area contributed by atoms with Gasteiger partial charge in [-0.05, 0) is 5.92 Å². The Morgan fingerprint density at radius 1 is 1.62 bits per heavy atom. The zero-order valence-corrected chi connectivity index (χ0v) is 12.1. The summed E-state index contributed by atoms with van der Waals surface area (Å²) >= 11 is 0. The number of carboxylic acid groups (broad SMARTS) is 1. The molecule has 0 spiro atoms. The van der Waals surface area contributed by atoms with Gasteiger partial charge in [0.25, 0.3) is 0 Å². The Morgan fingerprint density at radius 2 is 2.25 bits per heavy atom. The van der Waals surface area contributed by atoms with Crippen molar-refractivity contribution in [3.05, 3.63) is 5.73 Å². The molecule has 6 heteroatoms. The first kappa shape index (κ1) is 13.7. The third kappa shape index (κ3) is 2.03. The number of oxime groups is 1. The van der Waals surface area contributed by atoms with E-state index in [1.807, 2.05) is 13.8 Å². The molecular formula is C10H14N2O3W-2. The SMILES string of the molecule is CC(C)C1=NOC2C(C(=O)[O-])CC([NH-])[C@@H]12.[W]. The smallest absolute Gasteiger partial charge is 0.142 e. The fraction of sp³-hybridized carbons (Fsp3) is 0.800. The van der Waals surface area contributed by atoms with Crippen LogP contribution in [0.5, 0.6) is 0 Å². The molecule has 16 heavy (non-hydrogen) atoms. The van der Waals surface area contributed by atoms with Crippen molar-refractivity contribution in [2.45, 2.75) is 32.4 Å². The van der Waals surface area contributed by atoms with Gasteiger partial charge in [-0.3, -0.25) is 0 Å². The summed E-state index contributed by atoms with van der Waals surface area (Å²) in [4.78, 5) is 16.0. The van der Waals surface area contributed by atoms with Crippen molar-refractivity contribution < 1.29 is 35.8 Å². The Kier molecular flexibility index (Phi) is 4.13. The molecule has 4 atom stereocenters. The van der Waals surface area contributed by atoms with Crippen LogP contribution in [0.25, 0.3) is 5.73 Å². The Balaban J connectivity index is 0.00000128. The predicted molar refractivity (Wildman–Crippen MR) is 51.9 cm³/mol. The second-order valence-electron chi connectivity index (χ2n) is 4.53. The minimum atomic E-state index is -1.13. The summed E-state index contributed by atoms with van der Waals surface area (Å²) in [7, 11) is 0. The fourth-order valence-corrected chi connectivity index (χ4v) is 2.45. The van der Waals surface area contributed by atoms with E-state index in [2.05, 4.69) is 5.16 Å². The first-order valence-corrected chi connectivity index (χ1v) is 5.18. The number of aliphatic carboxylic acids is 1. The van der Waals surface area contributed by atoms with Crippen LogP contribution in [0.4, 0.5) is 0 Å². The molecule has 90 valence electrons. The molecule has 0 bridgehead atoms. The molecule has 1 fully saturated rings. The van der Waals surface area contributed by atoms with Gasteiger partial charge in [-0.1, -0.05) is 25.4 Å². The number of carboxylic acids is 1. The quantitative estimate of drug-likeness (QED) is 0.671. The van der Waals surface area contributed by atoms with Crippen LogP contribution in [0, 0.1) is 17.8 Å². The molecule has 1 aliphatic heterocycles. The van der Waals surface area contributed by atoms with Crippen molar-refractivity contribution in [3.8, 4) is 0 Å². The van der Waals surface area contributed by atoms with E-state index in [4.69, 9.17) is 10.6 Å². The van der Waals surface area contributed by atoms with Crippen LogP contribution in [0.15, 0.2) is 5.16 Å². The first-order chi connectivity index (χ1) is 7.02. The van der Waals surface area contributed by atoms with E-state index < -0.39 is 24.0 Å². The molecule has 2 aliphatic rings. The van der Waals surface area contributed by atoms with E-state index in [0.717, 1.165) is 5.71 Å². The Labute approximate surface area is 109 Å². The predicted octanol–water partition coefficient (Wildman–Crippen LogP) is 0.201. The molecule has 0 aromatic rings. The van der Waals surface area contributed by atoms with Crippen molar-refractivity contribution in [1.82, 2.24) is 0 Å². The zero-order chi connectivity index (χ0) is 11.2. The number of nitrogens with one attached hydrogen (secondary N) is 1. The van der Waals surface area contributed by atoms with Crippen LogP contribution in [0.3, 0.4) is 0 Å². The first-order valence-electron chi connectivity index (χ1n) is 5.18. The summed E-state index contributed by atoms with van der Waals surface area (Å²) < 4.78 is 0. The number of nitrogens with zero attached hydrogens (tertiary/aromatic N) is 1. The van der Waals surface area contributed by atoms with Gasteiger partial charge in [0, 0.05) is 38.9 Å². The van der Waals surface area contributed by atoms with E-state index >= 15 is 0 Å². The molecule has 0 aromatic heterocycles. The largest absolute Gasteiger partial charge is 0.674 e. The third-order valence-electron chi connectivity index (χ3n) is 3.21. The maximum Gasteiger partial charge on any atom is 0.142 e. The number of carbonyl (C=O) groups is 1. The fourth-order valence-electron chi connectivity index (χ4n) is 2.45. The Morgan fingerprint density at radius 3 is 2.75 bits per heavy atom. The second-order valence-corrected chi connectivity index (χ2v) is 4.53. The molecular weight excluding hydrogens is 380 g/mol. The number of carbonyl (C=O) groups excluding carboxylic acids is 1. The van der Waals surface area contributed by atoms with Crippen molar-refractivity contribution in [1.29, 1.82) is 0 Å². The van der Waals surface area contributed by atoms with Gasteiger partial charge in [-0.25, -0.2) is 0 Å². The van der Waals surface area contributed by atoms with Crippen LogP contribution >= 0.6 is 0 Å². The molecule has 5 nitrogen and oxygen atoms in total. The average molecular weight is 394 g/mol. The van der Waals surface area contributed by atoms with Crippen LogP contribution in [0.1, 0.15) is 20.3 Å². The maximum absolute atomic E-state index is 10.8. The molecule has 2 rings (SSSR count). The van der Waals surface area contributed by atoms with Crippen LogP contribution < -0.4 is 5.11 Å². The van der Waals surface area contributed by atoms with Crippen LogP contribution in [0.2, 0.25) is 0 Å². The summed E-state index contributed by atoms with van der Waals surface area (Å²) in [5.41, 5.74) is 8.68. The van der Waals surface area contributed by atoms with Crippen molar-refractivity contribution in [2.75, 3.05) is 0 Å². The van der Waals surface area contributed by atoms with E-state index in [1.165, 1.54) is 0 Å².